The van der Waals surface area contributed by atoms with E-state index in [1.807, 2.05) is 12.1 Å². The fraction of sp³-hybridized carbons (Fsp3) is 0.438. The van der Waals surface area contributed by atoms with Crippen molar-refractivity contribution in [3.8, 4) is 5.75 Å². The molecule has 9 heteroatoms. The Morgan fingerprint density at radius 2 is 2.20 bits per heavy atom. The molecule has 7 nitrogen and oxygen atoms in total. The van der Waals surface area contributed by atoms with Crippen molar-refractivity contribution in [1.29, 1.82) is 0 Å². The van der Waals surface area contributed by atoms with Crippen LogP contribution in [0.3, 0.4) is 0 Å². The van der Waals surface area contributed by atoms with Crippen molar-refractivity contribution in [2.45, 2.75) is 32.1 Å². The second kappa shape index (κ2) is 10.4. The van der Waals surface area contributed by atoms with Crippen molar-refractivity contribution in [2.24, 2.45) is 0 Å². The number of hydrogen-bond donors (Lipinski definition) is 4. The van der Waals surface area contributed by atoms with Crippen LogP contribution in [0.2, 0.25) is 5.02 Å². The molecule has 0 aliphatic carbocycles. The normalized spacial score (nSPS) is 19.3. The lowest BCUT2D eigenvalue weighted by Crippen LogP contribution is -2.17. The number of unbranched alkanes of at least 4 members (excludes halogenated alkanes) is 3. The topological polar surface area (TPSA) is 89.1 Å². The van der Waals surface area contributed by atoms with Gasteiger partial charge in [-0.1, -0.05) is 30.5 Å². The summed E-state index contributed by atoms with van der Waals surface area (Å²) in [4.78, 5) is 16.1. The average Bonchev–Trinajstić information content (AvgIpc) is 3.06. The summed E-state index contributed by atoms with van der Waals surface area (Å²) in [6, 6.07) is 5.43. The van der Waals surface area contributed by atoms with E-state index in [4.69, 9.17) is 30.8 Å². The van der Waals surface area contributed by atoms with Crippen LogP contribution in [-0.2, 0) is 14.0 Å². The number of nitrogens with one attached hydrogen (secondary N) is 2. The van der Waals surface area contributed by atoms with Crippen LogP contribution in [0.15, 0.2) is 24.1 Å². The van der Waals surface area contributed by atoms with Gasteiger partial charge in [0.1, 0.15) is 5.75 Å². The molecular formula is C16H23ClN2O5S. The molecular weight excluding hydrogens is 368 g/mol. The zero-order valence-corrected chi connectivity index (χ0v) is 15.6. The molecule has 0 saturated carbocycles. The third-order valence-electron chi connectivity index (χ3n) is 3.60. The third kappa shape index (κ3) is 6.32. The molecule has 1 unspecified atom stereocenters. The number of amides is 1. The SMILES string of the molecule is COc1cccc(Cl)c1/C=C1/N[SH](CCCCCCC(=O)NO)OO1. The molecule has 2 rings (SSSR count). The first-order valence-corrected chi connectivity index (χ1v) is 9.82. The second-order valence-corrected chi connectivity index (χ2v) is 7.42. The summed E-state index contributed by atoms with van der Waals surface area (Å²) >= 11 is 5.32. The summed E-state index contributed by atoms with van der Waals surface area (Å²) in [7, 11) is 1.59. The smallest absolute Gasteiger partial charge is 0.243 e. The molecule has 1 aliphatic rings. The van der Waals surface area contributed by atoms with Crippen molar-refractivity contribution in [3.05, 3.63) is 34.7 Å². The number of benzene rings is 1. The lowest BCUT2D eigenvalue weighted by atomic mass is 10.1. The van der Waals surface area contributed by atoms with Crippen LogP contribution in [0.25, 0.3) is 6.08 Å². The molecule has 1 saturated heterocycles. The van der Waals surface area contributed by atoms with Gasteiger partial charge in [0, 0.05) is 23.8 Å². The predicted molar refractivity (Wildman–Crippen MR) is 98.2 cm³/mol. The van der Waals surface area contributed by atoms with E-state index in [0.29, 0.717) is 23.1 Å². The molecule has 1 aliphatic heterocycles. The zero-order valence-electron chi connectivity index (χ0n) is 14.0. The highest BCUT2D eigenvalue weighted by Crippen LogP contribution is 2.36. The molecule has 0 aromatic heterocycles. The van der Waals surface area contributed by atoms with E-state index in [-0.39, 0.29) is 5.91 Å². The van der Waals surface area contributed by atoms with E-state index < -0.39 is 11.4 Å². The fourth-order valence-corrected chi connectivity index (χ4v) is 3.78. The Hall–Kier alpha value is -1.61. The molecule has 1 aromatic rings. The fourth-order valence-electron chi connectivity index (χ4n) is 2.31. The Labute approximate surface area is 154 Å². The first-order chi connectivity index (χ1) is 12.1. The van der Waals surface area contributed by atoms with E-state index in [1.165, 1.54) is 0 Å². The first kappa shape index (κ1) is 19.7. The lowest BCUT2D eigenvalue weighted by molar-refractivity contribution is -0.135. The van der Waals surface area contributed by atoms with E-state index in [1.54, 1.807) is 24.7 Å². The summed E-state index contributed by atoms with van der Waals surface area (Å²) < 4.78 is 13.8. The highest BCUT2D eigenvalue weighted by Gasteiger charge is 2.19. The van der Waals surface area contributed by atoms with Crippen LogP contribution in [0.1, 0.15) is 37.7 Å². The molecule has 1 amide bonds. The minimum Gasteiger partial charge on any atom is -0.496 e. The number of hydrogen-bond acceptors (Lipinski definition) is 6. The number of carbonyl (C=O) groups excluding carboxylic acids is 1. The molecule has 140 valence electrons. The van der Waals surface area contributed by atoms with Crippen LogP contribution < -0.4 is 14.9 Å². The van der Waals surface area contributed by atoms with E-state index >= 15 is 0 Å². The Balaban J connectivity index is 1.74. The molecule has 1 fully saturated rings. The van der Waals surface area contributed by atoms with Crippen LogP contribution in [-0.4, -0.2) is 24.0 Å². The van der Waals surface area contributed by atoms with Crippen molar-refractivity contribution in [2.75, 3.05) is 12.9 Å². The molecule has 0 radical (unpaired) electrons. The van der Waals surface area contributed by atoms with Gasteiger partial charge in [-0.25, -0.2) is 5.48 Å². The number of thiol groups is 1. The Kier molecular flexibility index (Phi) is 8.20. The Bertz CT molecular complexity index is 614. The first-order valence-electron chi connectivity index (χ1n) is 8.00. The number of rotatable bonds is 9. The highest BCUT2D eigenvalue weighted by atomic mass is 35.5. The van der Waals surface area contributed by atoms with Crippen molar-refractivity contribution < 1.29 is 24.0 Å². The summed E-state index contributed by atoms with van der Waals surface area (Å²) in [6.07, 6.45) is 5.74. The molecule has 0 bridgehead atoms. The van der Waals surface area contributed by atoms with Crippen LogP contribution >= 0.6 is 23.0 Å². The van der Waals surface area contributed by atoms with Gasteiger partial charge in [0.15, 0.2) is 0 Å². The highest BCUT2D eigenvalue weighted by molar-refractivity contribution is 8.11. The molecule has 3 N–H and O–H groups in total. The van der Waals surface area contributed by atoms with Gasteiger partial charge in [-0.15, -0.1) is 4.33 Å². The zero-order chi connectivity index (χ0) is 18.1. The van der Waals surface area contributed by atoms with E-state index in [2.05, 4.69) is 4.72 Å². The van der Waals surface area contributed by atoms with Gasteiger partial charge in [0.2, 0.25) is 11.8 Å². The number of carbonyl (C=O) groups is 1. The summed E-state index contributed by atoms with van der Waals surface area (Å²) in [5, 5.41) is 8.97. The standard InChI is InChI=1S/C16H23ClN2O5S/c1-22-14-8-6-7-13(17)12(14)11-16-19-25(24-23-16)10-5-3-2-4-9-15(20)18-21/h6-8,11,19,21,25H,2-5,9-10H2,1H3,(H,18,20)/b16-11-. The Morgan fingerprint density at radius 1 is 1.40 bits per heavy atom. The van der Waals surface area contributed by atoms with Crippen molar-refractivity contribution in [3.63, 3.8) is 0 Å². The minimum atomic E-state index is -0.884. The predicted octanol–water partition coefficient (Wildman–Crippen LogP) is 3.49. The minimum absolute atomic E-state index is 0.343. The van der Waals surface area contributed by atoms with E-state index in [0.717, 1.165) is 37.0 Å². The monoisotopic (exact) mass is 390 g/mol. The lowest BCUT2D eigenvalue weighted by Gasteiger charge is -2.10. The maximum Gasteiger partial charge on any atom is 0.243 e. The number of halogens is 1. The summed E-state index contributed by atoms with van der Waals surface area (Å²) in [5.41, 5.74) is 2.36. The average molecular weight is 391 g/mol. The van der Waals surface area contributed by atoms with Crippen molar-refractivity contribution in [1.82, 2.24) is 10.2 Å². The van der Waals surface area contributed by atoms with Crippen LogP contribution in [0.5, 0.6) is 5.75 Å². The van der Waals surface area contributed by atoms with Gasteiger partial charge in [0.25, 0.3) is 0 Å². The molecule has 1 aromatic carbocycles. The molecule has 1 atom stereocenters. The van der Waals surface area contributed by atoms with Gasteiger partial charge in [-0.3, -0.25) is 14.7 Å². The van der Waals surface area contributed by atoms with Crippen molar-refractivity contribution >= 4 is 34.9 Å². The quantitative estimate of drug-likeness (QED) is 0.170. The van der Waals surface area contributed by atoms with E-state index in [9.17, 15) is 4.79 Å². The largest absolute Gasteiger partial charge is 0.496 e. The van der Waals surface area contributed by atoms with Gasteiger partial charge >= 0.3 is 0 Å². The Morgan fingerprint density at radius 3 is 2.96 bits per heavy atom. The van der Waals surface area contributed by atoms with Crippen LogP contribution in [0.4, 0.5) is 0 Å². The summed E-state index contributed by atoms with van der Waals surface area (Å²) in [6.45, 7) is 0. The molecule has 1 heterocycles. The maximum absolute atomic E-state index is 10.9. The van der Waals surface area contributed by atoms with Crippen LogP contribution in [0, 0.1) is 0 Å². The van der Waals surface area contributed by atoms with Gasteiger partial charge in [0.05, 0.1) is 12.1 Å². The van der Waals surface area contributed by atoms with Gasteiger partial charge in [-0.2, -0.15) is 0 Å². The number of hydroxylamine groups is 1. The number of methoxy groups -OCH3 is 1. The number of ether oxygens (including phenoxy) is 1. The van der Waals surface area contributed by atoms with Gasteiger partial charge < -0.3 is 9.62 Å². The third-order valence-corrected chi connectivity index (χ3v) is 5.38. The second-order valence-electron chi connectivity index (χ2n) is 5.44. The molecule has 0 spiro atoms. The maximum atomic E-state index is 10.9. The summed E-state index contributed by atoms with van der Waals surface area (Å²) in [5.74, 6) is 1.67. The van der Waals surface area contributed by atoms with Gasteiger partial charge in [-0.05, 0) is 36.3 Å². The molecule has 25 heavy (non-hydrogen) atoms.